The van der Waals surface area contributed by atoms with Crippen LogP contribution in [0.5, 0.6) is 11.5 Å². The standard InChI is InChI=1S/C33H41F3N5O4S.W/c1-20(37)15-27(46)26(42)18-39-31(43)24-16-25(22-7-8-28(38-17-22)41-11-5-4-6-12-41)30-29(21(24)2)44-32(3,45-30)23-9-13-40(14-10-23)19-33(34,35)36;/h7-8,15-17,23,37,42,46H,4-6,9-14,18-19H2,1-3H3,(H,39,43);/q-1;/b20-15-,27-26+;. The van der Waals surface area contributed by atoms with Gasteiger partial charge in [0.25, 0.3) is 11.7 Å². The Morgan fingerprint density at radius 1 is 1.17 bits per heavy atom. The Bertz CT molecular complexity index is 1500. The summed E-state index contributed by atoms with van der Waals surface area (Å²) in [5.74, 6) is -0.258. The van der Waals surface area contributed by atoms with Gasteiger partial charge in [-0.25, -0.2) is 4.98 Å². The predicted molar refractivity (Wildman–Crippen MR) is 174 cm³/mol. The second-order valence-corrected chi connectivity index (χ2v) is 12.9. The molecule has 0 spiro atoms. The summed E-state index contributed by atoms with van der Waals surface area (Å²) in [6, 6.07) is 5.62. The van der Waals surface area contributed by atoms with E-state index in [0.29, 0.717) is 41.0 Å². The molecule has 14 heteroatoms. The van der Waals surface area contributed by atoms with E-state index in [0.717, 1.165) is 37.3 Å². The van der Waals surface area contributed by atoms with Crippen LogP contribution in [-0.4, -0.2) is 72.1 Å². The van der Waals surface area contributed by atoms with Gasteiger partial charge in [-0.05, 0) is 70.3 Å². The van der Waals surface area contributed by atoms with E-state index >= 15 is 0 Å². The molecule has 1 unspecified atom stereocenters. The number of hydrogen-bond acceptors (Lipinski definition) is 8. The first-order valence-corrected chi connectivity index (χ1v) is 16.0. The number of benzene rings is 1. The van der Waals surface area contributed by atoms with Gasteiger partial charge in [0.05, 0.1) is 13.1 Å². The van der Waals surface area contributed by atoms with Crippen molar-refractivity contribution < 1.29 is 53.6 Å². The minimum atomic E-state index is -4.26. The summed E-state index contributed by atoms with van der Waals surface area (Å²) in [7, 11) is 0. The number of carbonyl (C=O) groups is 1. The van der Waals surface area contributed by atoms with Crippen LogP contribution in [0.15, 0.2) is 46.8 Å². The van der Waals surface area contributed by atoms with Crippen LogP contribution in [0.2, 0.25) is 0 Å². The Kier molecular flexibility index (Phi) is 11.9. The molecule has 3 N–H and O–H groups in total. The van der Waals surface area contributed by atoms with E-state index in [9.17, 15) is 23.1 Å². The summed E-state index contributed by atoms with van der Waals surface area (Å²) in [5.41, 5.74) is 9.94. The van der Waals surface area contributed by atoms with E-state index in [1.165, 1.54) is 17.4 Å². The van der Waals surface area contributed by atoms with Gasteiger partial charge in [-0.1, -0.05) is 13.0 Å². The fourth-order valence-electron chi connectivity index (χ4n) is 6.36. The second kappa shape index (κ2) is 15.1. The zero-order valence-electron chi connectivity index (χ0n) is 26.7. The van der Waals surface area contributed by atoms with Crippen molar-refractivity contribution in [2.75, 3.05) is 44.2 Å². The van der Waals surface area contributed by atoms with Gasteiger partial charge in [0.15, 0.2) is 11.5 Å². The number of nitrogens with one attached hydrogen (secondary N) is 2. The molecule has 1 atom stereocenters. The van der Waals surface area contributed by atoms with Gasteiger partial charge >= 0.3 is 6.18 Å². The quantitative estimate of drug-likeness (QED) is 0.147. The number of rotatable bonds is 8. The number of nitrogens with zero attached hydrogens (tertiary/aromatic N) is 3. The Balaban J connectivity index is 0.00000500. The molecule has 47 heavy (non-hydrogen) atoms. The third-order valence-electron chi connectivity index (χ3n) is 8.87. The van der Waals surface area contributed by atoms with Crippen LogP contribution in [0.1, 0.15) is 61.9 Å². The molecule has 0 radical (unpaired) electrons. The normalized spacial score (nSPS) is 21.3. The summed E-state index contributed by atoms with van der Waals surface area (Å²) >= 11 is 4.21. The van der Waals surface area contributed by atoms with Crippen LogP contribution in [0.4, 0.5) is 19.0 Å². The predicted octanol–water partition coefficient (Wildman–Crippen LogP) is 7.19. The Labute approximate surface area is 293 Å². The van der Waals surface area contributed by atoms with Crippen LogP contribution in [0, 0.1) is 12.8 Å². The first-order chi connectivity index (χ1) is 21.7. The molecule has 1 aromatic heterocycles. The number of carbonyl (C=O) groups excluding carboxylic acids is 1. The summed E-state index contributed by atoms with van der Waals surface area (Å²) in [4.78, 5) is 22.1. The van der Waals surface area contributed by atoms with Gasteiger partial charge in [-0.3, -0.25) is 9.69 Å². The molecular weight excluding hydrogens is 803 g/mol. The maximum atomic E-state index is 13.5. The van der Waals surface area contributed by atoms with Crippen molar-refractivity contribution in [2.24, 2.45) is 5.92 Å². The molecule has 3 aliphatic heterocycles. The molecule has 1 amide bonds. The van der Waals surface area contributed by atoms with Gasteiger partial charge in [0, 0.05) is 80.4 Å². The fourth-order valence-corrected chi connectivity index (χ4v) is 6.64. The number of anilines is 1. The molecule has 4 heterocycles. The largest absolute Gasteiger partial charge is 0.702 e. The number of hydrogen-bond donors (Lipinski definition) is 3. The Morgan fingerprint density at radius 3 is 2.43 bits per heavy atom. The summed E-state index contributed by atoms with van der Waals surface area (Å²) in [6.07, 6.45) is 3.22. The van der Waals surface area contributed by atoms with Crippen molar-refractivity contribution in [3.05, 3.63) is 63.7 Å². The fraction of sp³-hybridized carbons (Fsp3) is 0.515. The van der Waals surface area contributed by atoms with E-state index in [1.54, 1.807) is 33.0 Å². The number of pyridine rings is 1. The molecule has 1 aromatic carbocycles. The first kappa shape index (κ1) is 36.9. The van der Waals surface area contributed by atoms with Crippen molar-refractivity contribution in [1.29, 1.82) is 0 Å². The SMILES string of the molecule is C/C([NH-])=C/C(S)=C(\O)CNC(=O)c1cc(-c2ccc(N3CCCCC3)nc2)c2c(c1C)OC(C)(C1CCN(CC(F)(F)F)CC1)O2.[W]. The second-order valence-electron chi connectivity index (χ2n) is 12.4. The Morgan fingerprint density at radius 2 is 1.83 bits per heavy atom. The van der Waals surface area contributed by atoms with Crippen LogP contribution in [-0.2, 0) is 21.1 Å². The van der Waals surface area contributed by atoms with E-state index in [2.05, 4.69) is 22.8 Å². The number of alkyl halides is 3. The molecule has 2 fully saturated rings. The molecule has 0 saturated carbocycles. The smallest absolute Gasteiger partial charge is 0.401 e. The zero-order valence-corrected chi connectivity index (χ0v) is 30.6. The zero-order chi connectivity index (χ0) is 33.2. The van der Waals surface area contributed by atoms with Crippen LogP contribution in [0.3, 0.4) is 0 Å². The van der Waals surface area contributed by atoms with Crippen molar-refractivity contribution in [3.63, 3.8) is 0 Å². The summed E-state index contributed by atoms with van der Waals surface area (Å²) < 4.78 is 52.1. The number of aliphatic hydroxyl groups excluding tert-OH is 1. The van der Waals surface area contributed by atoms with Crippen LogP contribution in [0.25, 0.3) is 16.9 Å². The number of allylic oxidation sites excluding steroid dienone is 2. The molecule has 256 valence electrons. The average Bonchev–Trinajstić information content (AvgIpc) is 3.38. The maximum absolute atomic E-state index is 13.5. The van der Waals surface area contributed by atoms with Crippen molar-refractivity contribution >= 4 is 24.4 Å². The number of ether oxygens (including phenoxy) is 2. The maximum Gasteiger partial charge on any atom is 0.401 e. The molecule has 9 nitrogen and oxygen atoms in total. The number of amides is 1. The minimum absolute atomic E-state index is 0. The number of thiol groups is 1. The number of piperidine rings is 2. The van der Waals surface area contributed by atoms with Crippen molar-refractivity contribution in [2.45, 2.75) is 64.8 Å². The average molecular weight is 845 g/mol. The van der Waals surface area contributed by atoms with E-state index in [4.69, 9.17) is 20.2 Å². The van der Waals surface area contributed by atoms with Gasteiger partial charge < -0.3 is 30.5 Å². The molecule has 0 aliphatic carbocycles. The van der Waals surface area contributed by atoms with Gasteiger partial charge in [0.2, 0.25) is 0 Å². The number of aliphatic hydroxyl groups is 1. The van der Waals surface area contributed by atoms with E-state index in [-0.39, 0.29) is 63.0 Å². The van der Waals surface area contributed by atoms with Crippen molar-refractivity contribution in [1.82, 2.24) is 15.2 Å². The molecule has 2 aromatic rings. The number of likely N-dealkylation sites (tertiary alicyclic amines) is 1. The van der Waals surface area contributed by atoms with Crippen LogP contribution < -0.4 is 19.7 Å². The molecule has 3 aliphatic rings. The summed E-state index contributed by atoms with van der Waals surface area (Å²) in [6.45, 7) is 6.38. The monoisotopic (exact) mass is 844 g/mol. The molecule has 0 bridgehead atoms. The Hall–Kier alpha value is -2.89. The minimum Gasteiger partial charge on any atom is -0.702 e. The number of fused-ring (bicyclic) bond motifs is 1. The topological polar surface area (TPSA) is 111 Å². The molecular formula is C33H41F3N5O4SW-. The third kappa shape index (κ3) is 8.78. The molecule has 5 rings (SSSR count). The van der Waals surface area contributed by atoms with Gasteiger partial charge in [-0.2, -0.15) is 18.9 Å². The van der Waals surface area contributed by atoms with E-state index < -0.39 is 24.4 Å². The van der Waals surface area contributed by atoms with E-state index in [1.807, 2.05) is 12.1 Å². The van der Waals surface area contributed by atoms with Crippen molar-refractivity contribution in [3.8, 4) is 22.6 Å². The first-order valence-electron chi connectivity index (χ1n) is 15.6. The number of aromatic nitrogens is 1. The van der Waals surface area contributed by atoms with Gasteiger partial charge in [-0.15, -0.1) is 12.6 Å². The molecule has 2 saturated heterocycles. The van der Waals surface area contributed by atoms with Gasteiger partial charge in [0.1, 0.15) is 11.6 Å². The summed E-state index contributed by atoms with van der Waals surface area (Å²) in [5, 5.41) is 13.1. The number of halogens is 3. The third-order valence-corrected chi connectivity index (χ3v) is 9.26. The van der Waals surface area contributed by atoms with Crippen LogP contribution >= 0.6 is 12.6 Å².